The molecule has 0 saturated carbocycles. The lowest BCUT2D eigenvalue weighted by molar-refractivity contribution is 0.318. The zero-order chi connectivity index (χ0) is 15.4. The third-order valence-corrected chi connectivity index (χ3v) is 3.49. The second kappa shape index (κ2) is 6.58. The van der Waals surface area contributed by atoms with Gasteiger partial charge in [0.05, 0.1) is 0 Å². The molecule has 2 aromatic carbocycles. The summed E-state index contributed by atoms with van der Waals surface area (Å²) in [6.45, 7) is 0.538. The average molecular weight is 352 g/mol. The van der Waals surface area contributed by atoms with Gasteiger partial charge in [-0.25, -0.2) is 4.39 Å². The van der Waals surface area contributed by atoms with E-state index >= 15 is 0 Å². The van der Waals surface area contributed by atoms with E-state index in [1.807, 2.05) is 36.2 Å². The third kappa shape index (κ3) is 3.95. The summed E-state index contributed by atoms with van der Waals surface area (Å²) in [4.78, 5) is 1.95. The normalized spacial score (nSPS) is 11.5. The van der Waals surface area contributed by atoms with Crippen LogP contribution >= 0.6 is 15.9 Å². The van der Waals surface area contributed by atoms with Crippen molar-refractivity contribution in [3.63, 3.8) is 0 Å². The SMILES string of the molecule is CN(Cc1cc(F)cc(Br)c1)c1cccc(C(N)=NO)c1. The minimum Gasteiger partial charge on any atom is -0.409 e. The first kappa shape index (κ1) is 15.3. The molecule has 0 aliphatic heterocycles. The number of hydrogen-bond donors (Lipinski definition) is 2. The summed E-state index contributed by atoms with van der Waals surface area (Å²) < 4.78 is 14.1. The number of rotatable bonds is 4. The Bertz CT molecular complexity index is 655. The maximum Gasteiger partial charge on any atom is 0.170 e. The van der Waals surface area contributed by atoms with Crippen molar-refractivity contribution in [3.05, 3.63) is 63.9 Å². The van der Waals surface area contributed by atoms with Gasteiger partial charge in [-0.15, -0.1) is 0 Å². The Morgan fingerprint density at radius 1 is 1.33 bits per heavy atom. The lowest BCUT2D eigenvalue weighted by Gasteiger charge is -2.20. The van der Waals surface area contributed by atoms with Gasteiger partial charge in [0, 0.05) is 29.3 Å². The molecule has 0 amide bonds. The number of halogens is 2. The van der Waals surface area contributed by atoms with Crippen molar-refractivity contribution in [1.82, 2.24) is 0 Å². The number of amidine groups is 1. The van der Waals surface area contributed by atoms with E-state index in [9.17, 15) is 4.39 Å². The molecular weight excluding hydrogens is 337 g/mol. The van der Waals surface area contributed by atoms with Gasteiger partial charge < -0.3 is 15.8 Å². The summed E-state index contributed by atoms with van der Waals surface area (Å²) in [5.74, 6) is -0.225. The second-order valence-corrected chi connectivity index (χ2v) is 5.59. The van der Waals surface area contributed by atoms with E-state index in [2.05, 4.69) is 21.1 Å². The first-order valence-electron chi connectivity index (χ1n) is 6.23. The minimum absolute atomic E-state index is 0.0544. The Balaban J connectivity index is 2.22. The van der Waals surface area contributed by atoms with Gasteiger partial charge in [0.2, 0.25) is 0 Å². The van der Waals surface area contributed by atoms with Crippen molar-refractivity contribution in [1.29, 1.82) is 0 Å². The molecule has 0 aliphatic carbocycles. The smallest absolute Gasteiger partial charge is 0.170 e. The van der Waals surface area contributed by atoms with Crippen LogP contribution in [0.5, 0.6) is 0 Å². The first-order valence-corrected chi connectivity index (χ1v) is 7.03. The third-order valence-electron chi connectivity index (χ3n) is 3.03. The van der Waals surface area contributed by atoms with Gasteiger partial charge in [-0.1, -0.05) is 33.2 Å². The summed E-state index contributed by atoms with van der Waals surface area (Å²) in [5, 5.41) is 11.7. The van der Waals surface area contributed by atoms with Crippen LogP contribution in [-0.2, 0) is 6.54 Å². The number of nitrogens with two attached hydrogens (primary N) is 1. The molecule has 2 rings (SSSR count). The van der Waals surface area contributed by atoms with Crippen molar-refractivity contribution in [3.8, 4) is 0 Å². The molecule has 0 saturated heterocycles. The van der Waals surface area contributed by atoms with Gasteiger partial charge in [-0.3, -0.25) is 0 Å². The fourth-order valence-corrected chi connectivity index (χ4v) is 2.54. The molecule has 0 aliphatic rings. The van der Waals surface area contributed by atoms with E-state index in [1.165, 1.54) is 12.1 Å². The van der Waals surface area contributed by atoms with Crippen LogP contribution in [0.1, 0.15) is 11.1 Å². The zero-order valence-electron chi connectivity index (χ0n) is 11.4. The Labute approximate surface area is 130 Å². The van der Waals surface area contributed by atoms with Crippen LogP contribution < -0.4 is 10.6 Å². The topological polar surface area (TPSA) is 61.8 Å². The van der Waals surface area contributed by atoms with E-state index in [4.69, 9.17) is 10.9 Å². The van der Waals surface area contributed by atoms with Crippen LogP contribution in [0.15, 0.2) is 52.1 Å². The van der Waals surface area contributed by atoms with E-state index in [1.54, 1.807) is 6.07 Å². The van der Waals surface area contributed by atoms with Crippen LogP contribution in [0.3, 0.4) is 0 Å². The highest BCUT2D eigenvalue weighted by atomic mass is 79.9. The summed E-state index contributed by atoms with van der Waals surface area (Å²) in [5.41, 5.74) is 7.94. The molecule has 0 atom stereocenters. The predicted molar refractivity (Wildman–Crippen MR) is 85.2 cm³/mol. The molecule has 6 heteroatoms. The van der Waals surface area contributed by atoms with Crippen LogP contribution in [0.4, 0.5) is 10.1 Å². The van der Waals surface area contributed by atoms with Crippen LogP contribution in [0.2, 0.25) is 0 Å². The Morgan fingerprint density at radius 3 is 2.76 bits per heavy atom. The summed E-state index contributed by atoms with van der Waals surface area (Å²) in [6, 6.07) is 12.1. The Hall–Kier alpha value is -2.08. The maximum absolute atomic E-state index is 13.4. The molecular formula is C15H15BrFN3O. The van der Waals surface area contributed by atoms with Crippen LogP contribution in [-0.4, -0.2) is 18.1 Å². The summed E-state index contributed by atoms with van der Waals surface area (Å²) in [7, 11) is 1.89. The molecule has 4 nitrogen and oxygen atoms in total. The maximum atomic E-state index is 13.4. The summed E-state index contributed by atoms with van der Waals surface area (Å²) in [6.07, 6.45) is 0. The summed E-state index contributed by atoms with van der Waals surface area (Å²) >= 11 is 3.28. The molecule has 2 aromatic rings. The fourth-order valence-electron chi connectivity index (χ4n) is 2.03. The van der Waals surface area contributed by atoms with E-state index in [0.29, 0.717) is 16.6 Å². The molecule has 0 unspecified atom stereocenters. The quantitative estimate of drug-likeness (QED) is 0.384. The molecule has 0 aromatic heterocycles. The number of oxime groups is 1. The van der Waals surface area contributed by atoms with E-state index in [-0.39, 0.29) is 11.7 Å². The molecule has 0 fully saturated rings. The predicted octanol–water partition coefficient (Wildman–Crippen LogP) is 3.32. The highest BCUT2D eigenvalue weighted by Crippen LogP contribution is 2.20. The van der Waals surface area contributed by atoms with Gasteiger partial charge in [-0.05, 0) is 35.9 Å². The zero-order valence-corrected chi connectivity index (χ0v) is 13.0. The standard InChI is InChI=1S/C15H15BrFN3O/c1-20(9-10-5-12(16)8-13(17)6-10)14-4-2-3-11(7-14)15(18)19-21/h2-8,21H,9H2,1H3,(H2,18,19). The highest BCUT2D eigenvalue weighted by molar-refractivity contribution is 9.10. The molecule has 0 bridgehead atoms. The van der Waals surface area contributed by atoms with Gasteiger partial charge in [0.25, 0.3) is 0 Å². The monoisotopic (exact) mass is 351 g/mol. The fraction of sp³-hybridized carbons (Fsp3) is 0.133. The number of anilines is 1. The molecule has 21 heavy (non-hydrogen) atoms. The van der Waals surface area contributed by atoms with E-state index in [0.717, 1.165) is 11.3 Å². The average Bonchev–Trinajstić information content (AvgIpc) is 2.45. The van der Waals surface area contributed by atoms with Crippen molar-refractivity contribution in [2.24, 2.45) is 10.9 Å². The van der Waals surface area contributed by atoms with Gasteiger partial charge in [0.1, 0.15) is 5.82 Å². The Morgan fingerprint density at radius 2 is 2.10 bits per heavy atom. The molecule has 3 N–H and O–H groups in total. The van der Waals surface area contributed by atoms with Crippen LogP contribution in [0.25, 0.3) is 0 Å². The molecule has 110 valence electrons. The highest BCUT2D eigenvalue weighted by Gasteiger charge is 2.07. The van der Waals surface area contributed by atoms with Crippen molar-refractivity contribution >= 4 is 27.5 Å². The van der Waals surface area contributed by atoms with Crippen molar-refractivity contribution in [2.75, 3.05) is 11.9 Å². The van der Waals surface area contributed by atoms with E-state index < -0.39 is 0 Å². The molecule has 0 heterocycles. The van der Waals surface area contributed by atoms with Crippen LogP contribution in [0, 0.1) is 5.82 Å². The largest absolute Gasteiger partial charge is 0.409 e. The lowest BCUT2D eigenvalue weighted by Crippen LogP contribution is -2.18. The lowest BCUT2D eigenvalue weighted by atomic mass is 10.1. The minimum atomic E-state index is -0.279. The Kier molecular flexibility index (Phi) is 4.80. The van der Waals surface area contributed by atoms with Gasteiger partial charge in [-0.2, -0.15) is 0 Å². The molecule has 0 radical (unpaired) electrons. The van der Waals surface area contributed by atoms with Crippen molar-refractivity contribution < 1.29 is 9.60 Å². The first-order chi connectivity index (χ1) is 9.99. The number of nitrogens with zero attached hydrogens (tertiary/aromatic N) is 2. The van der Waals surface area contributed by atoms with Gasteiger partial charge >= 0.3 is 0 Å². The second-order valence-electron chi connectivity index (χ2n) is 4.67. The number of benzene rings is 2. The van der Waals surface area contributed by atoms with Gasteiger partial charge in [0.15, 0.2) is 5.84 Å². The van der Waals surface area contributed by atoms with Crippen molar-refractivity contribution in [2.45, 2.75) is 6.54 Å². The number of hydrogen-bond acceptors (Lipinski definition) is 3. The molecule has 0 spiro atoms.